The molecule has 0 unspecified atom stereocenters. The SMILES string of the molecule is Cc1ccc(NS(=O)(=O)c2cc([N+](=O)[O-])c(Cl)s2)cc1O. The number of aryl methyl sites for hydroxylation is 1. The molecule has 21 heavy (non-hydrogen) atoms. The van der Waals surface area contributed by atoms with Crippen LogP contribution in [0.15, 0.2) is 28.5 Å². The first-order chi connectivity index (χ1) is 9.70. The van der Waals surface area contributed by atoms with Gasteiger partial charge in [-0.2, -0.15) is 0 Å². The van der Waals surface area contributed by atoms with Gasteiger partial charge in [0.15, 0.2) is 4.34 Å². The third kappa shape index (κ3) is 3.26. The minimum atomic E-state index is -4.01. The van der Waals surface area contributed by atoms with E-state index in [-0.39, 0.29) is 20.0 Å². The molecule has 2 N–H and O–H groups in total. The highest BCUT2D eigenvalue weighted by Gasteiger charge is 2.25. The Morgan fingerprint density at radius 1 is 1.38 bits per heavy atom. The molecule has 0 bridgehead atoms. The maximum absolute atomic E-state index is 12.1. The van der Waals surface area contributed by atoms with Crippen molar-refractivity contribution in [2.75, 3.05) is 4.72 Å². The van der Waals surface area contributed by atoms with Crippen molar-refractivity contribution in [3.05, 3.63) is 44.3 Å². The van der Waals surface area contributed by atoms with E-state index in [1.54, 1.807) is 6.92 Å². The minimum Gasteiger partial charge on any atom is -0.508 e. The number of sulfonamides is 1. The fraction of sp³-hybridized carbons (Fsp3) is 0.0909. The lowest BCUT2D eigenvalue weighted by Gasteiger charge is -2.07. The fourth-order valence-corrected chi connectivity index (χ4v) is 4.19. The zero-order valence-corrected chi connectivity index (χ0v) is 12.9. The molecule has 0 aliphatic carbocycles. The lowest BCUT2D eigenvalue weighted by Crippen LogP contribution is -2.11. The van der Waals surface area contributed by atoms with Gasteiger partial charge in [-0.05, 0) is 18.6 Å². The Morgan fingerprint density at radius 2 is 2.05 bits per heavy atom. The van der Waals surface area contributed by atoms with Crippen LogP contribution in [0.3, 0.4) is 0 Å². The highest BCUT2D eigenvalue weighted by molar-refractivity contribution is 7.94. The van der Waals surface area contributed by atoms with Crippen molar-refractivity contribution in [3.8, 4) is 5.75 Å². The van der Waals surface area contributed by atoms with Crippen LogP contribution in [0, 0.1) is 17.0 Å². The van der Waals surface area contributed by atoms with Crippen molar-refractivity contribution in [3.63, 3.8) is 0 Å². The Kier molecular flexibility index (Phi) is 4.08. The summed E-state index contributed by atoms with van der Waals surface area (Å²) in [6, 6.07) is 5.15. The van der Waals surface area contributed by atoms with E-state index >= 15 is 0 Å². The van der Waals surface area contributed by atoms with E-state index in [2.05, 4.69) is 4.72 Å². The number of nitro groups is 1. The van der Waals surface area contributed by atoms with Gasteiger partial charge < -0.3 is 5.11 Å². The lowest BCUT2D eigenvalue weighted by molar-refractivity contribution is -0.384. The first-order valence-corrected chi connectivity index (χ1v) is 8.14. The fourth-order valence-electron chi connectivity index (χ4n) is 1.47. The van der Waals surface area contributed by atoms with Gasteiger partial charge >= 0.3 is 0 Å². The van der Waals surface area contributed by atoms with Crippen molar-refractivity contribution < 1.29 is 18.4 Å². The van der Waals surface area contributed by atoms with Crippen LogP contribution in [-0.2, 0) is 10.0 Å². The average Bonchev–Trinajstić information content (AvgIpc) is 2.77. The molecule has 1 aromatic carbocycles. The van der Waals surface area contributed by atoms with E-state index in [1.807, 2.05) is 0 Å². The zero-order chi connectivity index (χ0) is 15.8. The molecule has 1 heterocycles. The largest absolute Gasteiger partial charge is 0.508 e. The molecule has 112 valence electrons. The van der Waals surface area contributed by atoms with Gasteiger partial charge in [-0.1, -0.05) is 17.7 Å². The number of rotatable bonds is 4. The van der Waals surface area contributed by atoms with Crippen molar-refractivity contribution in [2.45, 2.75) is 11.1 Å². The van der Waals surface area contributed by atoms with Crippen LogP contribution >= 0.6 is 22.9 Å². The Bertz CT molecular complexity index is 816. The summed E-state index contributed by atoms with van der Waals surface area (Å²) in [6.45, 7) is 1.66. The van der Waals surface area contributed by atoms with Crippen LogP contribution in [-0.4, -0.2) is 18.4 Å². The second kappa shape index (κ2) is 5.51. The molecule has 7 nitrogen and oxygen atoms in total. The van der Waals surface area contributed by atoms with Gasteiger partial charge in [0.05, 0.1) is 10.6 Å². The summed E-state index contributed by atoms with van der Waals surface area (Å²) in [5.74, 6) is -0.0645. The molecule has 1 aromatic heterocycles. The summed E-state index contributed by atoms with van der Waals surface area (Å²) in [5.41, 5.74) is 0.270. The molecule has 0 saturated heterocycles. The smallest absolute Gasteiger partial charge is 0.300 e. The van der Waals surface area contributed by atoms with Crippen LogP contribution in [0.1, 0.15) is 5.56 Å². The van der Waals surface area contributed by atoms with Crippen LogP contribution in [0.5, 0.6) is 5.75 Å². The number of aromatic hydroxyl groups is 1. The van der Waals surface area contributed by atoms with Crippen molar-refractivity contribution in [1.29, 1.82) is 0 Å². The highest BCUT2D eigenvalue weighted by atomic mass is 35.5. The number of phenols is 1. The summed E-state index contributed by atoms with van der Waals surface area (Å²) in [5, 5.41) is 20.2. The lowest BCUT2D eigenvalue weighted by atomic mass is 10.2. The summed E-state index contributed by atoms with van der Waals surface area (Å²) in [7, 11) is -4.01. The van der Waals surface area contributed by atoms with E-state index in [0.29, 0.717) is 16.9 Å². The molecule has 10 heteroatoms. The highest BCUT2D eigenvalue weighted by Crippen LogP contribution is 2.37. The molecule has 0 amide bonds. The van der Waals surface area contributed by atoms with Crippen LogP contribution in [0.4, 0.5) is 11.4 Å². The quantitative estimate of drug-likeness (QED) is 0.651. The standard InChI is InChI=1S/C11H9ClN2O5S2/c1-6-2-3-7(4-9(6)15)13-21(18,19)10-5-8(14(16)17)11(12)20-10/h2-5,13,15H,1H3. The topological polar surface area (TPSA) is 110 Å². The van der Waals surface area contributed by atoms with Crippen molar-refractivity contribution in [2.24, 2.45) is 0 Å². The Morgan fingerprint density at radius 3 is 2.57 bits per heavy atom. The molecule has 0 fully saturated rings. The number of halogens is 1. The number of thiophene rings is 1. The zero-order valence-electron chi connectivity index (χ0n) is 10.5. The molecular formula is C11H9ClN2O5S2. The monoisotopic (exact) mass is 348 g/mol. The number of hydrogen-bond acceptors (Lipinski definition) is 6. The van der Waals surface area contributed by atoms with Crippen molar-refractivity contribution in [1.82, 2.24) is 0 Å². The molecule has 0 saturated carbocycles. The predicted octanol–water partition coefficient (Wildman–Crippen LogP) is 3.12. The predicted molar refractivity (Wildman–Crippen MR) is 79.6 cm³/mol. The third-order valence-electron chi connectivity index (χ3n) is 2.57. The van der Waals surface area contributed by atoms with E-state index < -0.39 is 20.6 Å². The van der Waals surface area contributed by atoms with Gasteiger partial charge in [0, 0.05) is 12.1 Å². The number of anilines is 1. The van der Waals surface area contributed by atoms with Gasteiger partial charge in [0.2, 0.25) is 0 Å². The number of benzene rings is 1. The second-order valence-electron chi connectivity index (χ2n) is 4.09. The number of nitrogens with one attached hydrogen (secondary N) is 1. The number of hydrogen-bond donors (Lipinski definition) is 2. The van der Waals surface area contributed by atoms with Crippen LogP contribution in [0.25, 0.3) is 0 Å². The molecule has 0 atom stereocenters. The molecule has 0 radical (unpaired) electrons. The van der Waals surface area contributed by atoms with Gasteiger partial charge in [0.25, 0.3) is 15.7 Å². The van der Waals surface area contributed by atoms with Gasteiger partial charge in [-0.3, -0.25) is 14.8 Å². The molecule has 0 aliphatic heterocycles. The Labute approximate surface area is 129 Å². The van der Waals surface area contributed by atoms with Gasteiger partial charge in [0.1, 0.15) is 9.96 Å². The van der Waals surface area contributed by atoms with E-state index in [9.17, 15) is 23.6 Å². The molecule has 2 aromatic rings. The van der Waals surface area contributed by atoms with Crippen LogP contribution < -0.4 is 4.72 Å². The van der Waals surface area contributed by atoms with Gasteiger partial charge in [-0.25, -0.2) is 8.42 Å². The Hall–Kier alpha value is -1.84. The second-order valence-corrected chi connectivity index (χ2v) is 7.65. The molecule has 2 rings (SSSR count). The van der Waals surface area contributed by atoms with Crippen LogP contribution in [0.2, 0.25) is 4.34 Å². The molecule has 0 spiro atoms. The summed E-state index contributed by atoms with van der Waals surface area (Å²) in [6.07, 6.45) is 0. The van der Waals surface area contributed by atoms with E-state index in [0.717, 1.165) is 6.07 Å². The maximum Gasteiger partial charge on any atom is 0.300 e. The minimum absolute atomic E-state index is 0.0645. The summed E-state index contributed by atoms with van der Waals surface area (Å²) < 4.78 is 26.0. The Balaban J connectivity index is 2.36. The summed E-state index contributed by atoms with van der Waals surface area (Å²) >= 11 is 6.23. The molecular weight excluding hydrogens is 340 g/mol. The van der Waals surface area contributed by atoms with Gasteiger partial charge in [-0.15, -0.1) is 11.3 Å². The first-order valence-electron chi connectivity index (χ1n) is 5.47. The normalized spacial score (nSPS) is 11.3. The molecule has 0 aliphatic rings. The maximum atomic E-state index is 12.1. The average molecular weight is 349 g/mol. The van der Waals surface area contributed by atoms with E-state index in [1.165, 1.54) is 18.2 Å². The summed E-state index contributed by atoms with van der Waals surface area (Å²) in [4.78, 5) is 9.93. The first kappa shape index (κ1) is 15.5. The third-order valence-corrected chi connectivity index (χ3v) is 5.76. The number of phenolic OH excluding ortho intramolecular Hbond substituents is 1. The number of nitrogens with zero attached hydrogens (tertiary/aromatic N) is 1. The van der Waals surface area contributed by atoms with Crippen molar-refractivity contribution >= 4 is 44.3 Å². The van der Waals surface area contributed by atoms with E-state index in [4.69, 9.17) is 11.6 Å².